The van der Waals surface area contributed by atoms with Crippen molar-refractivity contribution in [3.63, 3.8) is 0 Å². The van der Waals surface area contributed by atoms with Gasteiger partial charge in [0.1, 0.15) is 23.7 Å². The van der Waals surface area contributed by atoms with Gasteiger partial charge < -0.3 is 20.1 Å². The molecule has 0 aliphatic carbocycles. The first-order chi connectivity index (χ1) is 17.1. The molecule has 5 N–H and O–H groups in total. The SMILES string of the molecule is C[C@H](Cn1cnc2c(N)ncnc21)OCP(=O)(NC(=O)c1ccc(C(C)(C)C)cc1)NC(C)(C)C(=O)O. The van der Waals surface area contributed by atoms with Crippen molar-refractivity contribution >= 4 is 36.3 Å². The Balaban J connectivity index is 1.76. The number of carbonyl (C=O) groups is 2. The molecule has 3 aromatic rings. The number of aromatic nitrogens is 4. The number of carbonyl (C=O) groups excluding carboxylic acids is 1. The van der Waals surface area contributed by atoms with E-state index in [9.17, 15) is 19.3 Å². The van der Waals surface area contributed by atoms with Crippen molar-refractivity contribution in [1.82, 2.24) is 29.7 Å². The van der Waals surface area contributed by atoms with Crippen LogP contribution in [0.15, 0.2) is 36.9 Å². The number of nitrogens with one attached hydrogen (secondary N) is 2. The highest BCUT2D eigenvalue weighted by Crippen LogP contribution is 2.40. The average molecular weight is 532 g/mol. The second-order valence-corrected chi connectivity index (χ2v) is 12.7. The van der Waals surface area contributed by atoms with Crippen LogP contribution in [0.2, 0.25) is 0 Å². The number of imidazole rings is 1. The molecular weight excluding hydrogens is 497 g/mol. The third kappa shape index (κ3) is 6.91. The summed E-state index contributed by atoms with van der Waals surface area (Å²) in [5, 5.41) is 14.7. The first-order valence-corrected chi connectivity index (χ1v) is 13.6. The predicted octanol–water partition coefficient (Wildman–Crippen LogP) is 3.14. The molecular formula is C24H34N7O5P. The fourth-order valence-corrected chi connectivity index (χ4v) is 5.64. The van der Waals surface area contributed by atoms with Crippen molar-refractivity contribution in [1.29, 1.82) is 0 Å². The molecule has 1 amide bonds. The van der Waals surface area contributed by atoms with Crippen LogP contribution in [0.3, 0.4) is 0 Å². The topological polar surface area (TPSA) is 174 Å². The summed E-state index contributed by atoms with van der Waals surface area (Å²) in [6, 6.07) is 6.95. The van der Waals surface area contributed by atoms with Crippen LogP contribution in [0.25, 0.3) is 11.2 Å². The second kappa shape index (κ2) is 10.6. The minimum atomic E-state index is -3.88. The number of anilines is 1. The smallest absolute Gasteiger partial charge is 0.323 e. The van der Waals surface area contributed by atoms with Crippen molar-refractivity contribution in [3.05, 3.63) is 48.0 Å². The minimum absolute atomic E-state index is 0.0976. The number of fused-ring (bicyclic) bond motifs is 1. The molecule has 2 aromatic heterocycles. The highest BCUT2D eigenvalue weighted by atomic mass is 31.2. The number of benzene rings is 1. The first kappa shape index (κ1) is 28.2. The summed E-state index contributed by atoms with van der Waals surface area (Å²) in [7, 11) is -3.88. The van der Waals surface area contributed by atoms with Gasteiger partial charge in [0.25, 0.3) is 13.4 Å². The van der Waals surface area contributed by atoms with Gasteiger partial charge in [-0.2, -0.15) is 0 Å². The van der Waals surface area contributed by atoms with Gasteiger partial charge in [-0.25, -0.2) is 20.0 Å². The molecule has 2 heterocycles. The number of hydrogen-bond donors (Lipinski definition) is 4. The van der Waals surface area contributed by atoms with Crippen LogP contribution in [0, 0.1) is 0 Å². The Morgan fingerprint density at radius 3 is 2.38 bits per heavy atom. The molecule has 37 heavy (non-hydrogen) atoms. The average Bonchev–Trinajstić information content (AvgIpc) is 3.21. The molecule has 12 nitrogen and oxygen atoms in total. The number of carboxylic acids is 1. The quantitative estimate of drug-likeness (QED) is 0.284. The minimum Gasteiger partial charge on any atom is -0.480 e. The van der Waals surface area contributed by atoms with Crippen LogP contribution in [-0.4, -0.2) is 54.5 Å². The number of aliphatic carboxylic acids is 1. The maximum Gasteiger partial charge on any atom is 0.323 e. The number of nitrogens with zero attached hydrogens (tertiary/aromatic N) is 4. The fourth-order valence-electron chi connectivity index (χ4n) is 3.54. The van der Waals surface area contributed by atoms with Gasteiger partial charge in [-0.15, -0.1) is 0 Å². The molecule has 0 saturated heterocycles. The zero-order valence-electron chi connectivity index (χ0n) is 21.8. The predicted molar refractivity (Wildman–Crippen MR) is 140 cm³/mol. The van der Waals surface area contributed by atoms with Crippen LogP contribution in [0.5, 0.6) is 0 Å². The van der Waals surface area contributed by atoms with Gasteiger partial charge in [0, 0.05) is 5.56 Å². The Labute approximate surface area is 215 Å². The van der Waals surface area contributed by atoms with Gasteiger partial charge in [-0.1, -0.05) is 32.9 Å². The van der Waals surface area contributed by atoms with Crippen molar-refractivity contribution in [2.24, 2.45) is 0 Å². The lowest BCUT2D eigenvalue weighted by atomic mass is 9.87. The molecule has 2 atom stereocenters. The summed E-state index contributed by atoms with van der Waals surface area (Å²) in [5.41, 5.74) is 6.43. The maximum absolute atomic E-state index is 13.8. The second-order valence-electron chi connectivity index (χ2n) is 10.5. The Morgan fingerprint density at radius 2 is 1.78 bits per heavy atom. The van der Waals surface area contributed by atoms with Crippen LogP contribution in [0.4, 0.5) is 5.82 Å². The lowest BCUT2D eigenvalue weighted by Gasteiger charge is -2.29. The van der Waals surface area contributed by atoms with E-state index in [-0.39, 0.29) is 17.8 Å². The Bertz CT molecular complexity index is 1330. The summed E-state index contributed by atoms with van der Waals surface area (Å²) in [6.45, 7) is 10.9. The van der Waals surface area contributed by atoms with Gasteiger partial charge in [0.15, 0.2) is 11.5 Å². The summed E-state index contributed by atoms with van der Waals surface area (Å²) < 4.78 is 21.4. The standard InChI is InChI=1S/C24H34N7O5P/c1-15(11-31-13-28-18-19(25)26-12-27-20(18)31)36-14-37(35,30-24(5,6)22(33)34)29-21(32)16-7-9-17(10-8-16)23(2,3)4/h7-10,12-13,15H,11,14H2,1-6H3,(H,33,34)(H2,25,26,27)(H2,29,30,32,35)/t15-,37?/m1/s1. The third-order valence-electron chi connectivity index (χ3n) is 5.71. The van der Waals surface area contributed by atoms with E-state index in [1.807, 2.05) is 12.1 Å². The molecule has 3 rings (SSSR count). The molecule has 13 heteroatoms. The van der Waals surface area contributed by atoms with E-state index in [0.717, 1.165) is 5.56 Å². The number of hydrogen-bond acceptors (Lipinski definition) is 8. The number of rotatable bonds is 10. The van der Waals surface area contributed by atoms with Crippen molar-refractivity contribution in [2.45, 2.75) is 65.1 Å². The van der Waals surface area contributed by atoms with Gasteiger partial charge >= 0.3 is 5.97 Å². The highest BCUT2D eigenvalue weighted by molar-refractivity contribution is 7.60. The van der Waals surface area contributed by atoms with Crippen molar-refractivity contribution < 1.29 is 24.0 Å². The number of amides is 1. The normalized spacial score (nSPS) is 14.8. The monoisotopic (exact) mass is 531 g/mol. The van der Waals surface area contributed by atoms with E-state index in [1.165, 1.54) is 20.2 Å². The summed E-state index contributed by atoms with van der Waals surface area (Å²) in [6.07, 6.45) is 1.93. The molecule has 0 aliphatic rings. The van der Waals surface area contributed by atoms with Gasteiger partial charge in [-0.3, -0.25) is 19.2 Å². The molecule has 1 unspecified atom stereocenters. The van der Waals surface area contributed by atoms with E-state index in [2.05, 4.69) is 45.9 Å². The highest BCUT2D eigenvalue weighted by Gasteiger charge is 2.38. The largest absolute Gasteiger partial charge is 0.480 e. The fraction of sp³-hybridized carbons (Fsp3) is 0.458. The first-order valence-electron chi connectivity index (χ1n) is 11.7. The van der Waals surface area contributed by atoms with Crippen LogP contribution < -0.4 is 15.9 Å². The number of nitrogens with two attached hydrogens (primary N) is 1. The Kier molecular flexibility index (Phi) is 8.06. The van der Waals surface area contributed by atoms with Gasteiger partial charge in [0.05, 0.1) is 19.0 Å². The molecule has 0 fully saturated rings. The van der Waals surface area contributed by atoms with E-state index >= 15 is 0 Å². The molecule has 1 aromatic carbocycles. The van der Waals surface area contributed by atoms with E-state index in [0.29, 0.717) is 16.7 Å². The van der Waals surface area contributed by atoms with Crippen LogP contribution in [-0.2, 0) is 26.1 Å². The number of nitrogen functional groups attached to an aromatic ring is 1. The number of carboxylic acid groups (broad SMARTS) is 1. The molecule has 0 radical (unpaired) electrons. The molecule has 0 aliphatic heterocycles. The molecule has 0 bridgehead atoms. The molecule has 0 saturated carbocycles. The zero-order valence-corrected chi connectivity index (χ0v) is 22.7. The zero-order chi connectivity index (χ0) is 27.6. The van der Waals surface area contributed by atoms with E-state index in [1.54, 1.807) is 30.0 Å². The maximum atomic E-state index is 13.8. The van der Waals surface area contributed by atoms with Crippen molar-refractivity contribution in [3.8, 4) is 0 Å². The van der Waals surface area contributed by atoms with Gasteiger partial charge in [-0.05, 0) is 43.9 Å². The van der Waals surface area contributed by atoms with Crippen molar-refractivity contribution in [2.75, 3.05) is 12.1 Å². The summed E-state index contributed by atoms with van der Waals surface area (Å²) >= 11 is 0. The van der Waals surface area contributed by atoms with Gasteiger partial charge in [0.2, 0.25) is 0 Å². The summed E-state index contributed by atoms with van der Waals surface area (Å²) in [5.74, 6) is -1.59. The van der Waals surface area contributed by atoms with Crippen LogP contribution in [0.1, 0.15) is 57.5 Å². The lowest BCUT2D eigenvalue weighted by Crippen LogP contribution is -2.48. The molecule has 0 spiro atoms. The Hall–Kier alpha value is -3.34. The third-order valence-corrected chi connectivity index (χ3v) is 7.71. The Morgan fingerprint density at radius 1 is 1.14 bits per heavy atom. The number of ether oxygens (including phenoxy) is 1. The summed E-state index contributed by atoms with van der Waals surface area (Å²) in [4.78, 5) is 37.0. The van der Waals surface area contributed by atoms with Crippen LogP contribution >= 0.6 is 7.44 Å². The van der Waals surface area contributed by atoms with E-state index in [4.69, 9.17) is 10.5 Å². The molecule has 200 valence electrons. The lowest BCUT2D eigenvalue weighted by molar-refractivity contribution is -0.142. The van der Waals surface area contributed by atoms with E-state index < -0.39 is 37.3 Å².